The lowest BCUT2D eigenvalue weighted by Gasteiger charge is -2.51. The largest absolute Gasteiger partial charge is 0.458 e. The number of carbonyl (C=O) groups is 3. The SMILES string of the molecule is COC1CC(OC(N)=O)C2C=CC3/C=C(C)\C=C/C(C)C(C(C)C(O)C(C)NC(C)=O)OC(=O)\C=C/C=C(C)\C=C/C3(C)C2C1. The van der Waals surface area contributed by atoms with Crippen LogP contribution in [-0.4, -0.2) is 60.6 Å². The van der Waals surface area contributed by atoms with Gasteiger partial charge < -0.3 is 30.4 Å². The Morgan fingerprint density at radius 3 is 2.47 bits per heavy atom. The zero-order chi connectivity index (χ0) is 33.5. The van der Waals surface area contributed by atoms with Crippen molar-refractivity contribution in [1.82, 2.24) is 5.32 Å². The normalized spacial score (nSPS) is 38.7. The fourth-order valence-electron chi connectivity index (χ4n) is 7.10. The third-order valence-electron chi connectivity index (χ3n) is 9.74. The third kappa shape index (κ3) is 9.30. The average Bonchev–Trinajstić information content (AvgIpc) is 2.97. The van der Waals surface area contributed by atoms with Crippen molar-refractivity contribution in [2.45, 2.75) is 91.8 Å². The van der Waals surface area contributed by atoms with Crippen LogP contribution in [0.15, 0.2) is 71.9 Å². The molecule has 9 nitrogen and oxygen atoms in total. The molecule has 0 bridgehead atoms. The number of nitrogens with two attached hydrogens (primary N) is 1. The van der Waals surface area contributed by atoms with E-state index in [1.165, 1.54) is 13.0 Å². The standard InChI is InChI=1S/C36H52N2O7/c1-21-10-9-11-32(40)45-34(24(4)33(41)25(5)38-26(6)39)23(3)13-12-22(2)18-27-14-15-29-30(36(27,7)17-16-21)19-28(43-8)20-31(29)44-35(37)42/h9-18,23-25,27-31,33-34,41H,19-20H2,1-8H3,(H2,37,42)(H,38,39)/b11-9-,13-12-,17-16-,21-10-,22-18-. The lowest BCUT2D eigenvalue weighted by Crippen LogP contribution is -2.50. The second-order valence-electron chi connectivity index (χ2n) is 13.2. The molecule has 45 heavy (non-hydrogen) atoms. The summed E-state index contributed by atoms with van der Waals surface area (Å²) in [5.74, 6) is -1.35. The molecule has 9 heteroatoms. The predicted molar refractivity (Wildman–Crippen MR) is 175 cm³/mol. The van der Waals surface area contributed by atoms with Crippen molar-refractivity contribution >= 4 is 18.0 Å². The van der Waals surface area contributed by atoms with Gasteiger partial charge in [-0.2, -0.15) is 0 Å². The summed E-state index contributed by atoms with van der Waals surface area (Å²) in [7, 11) is 1.69. The topological polar surface area (TPSA) is 137 Å². The van der Waals surface area contributed by atoms with Crippen molar-refractivity contribution in [2.24, 2.45) is 40.7 Å². The number of hydrogen-bond acceptors (Lipinski definition) is 7. The Kier molecular flexibility index (Phi) is 12.6. The van der Waals surface area contributed by atoms with Gasteiger partial charge in [-0.15, -0.1) is 0 Å². The minimum atomic E-state index is -0.934. The molecule has 11 atom stereocenters. The van der Waals surface area contributed by atoms with Gasteiger partial charge in [-0.25, -0.2) is 9.59 Å². The molecule has 0 radical (unpaired) electrons. The zero-order valence-corrected chi connectivity index (χ0v) is 27.9. The Morgan fingerprint density at radius 2 is 1.82 bits per heavy atom. The maximum atomic E-state index is 12.9. The molecule has 1 saturated carbocycles. The summed E-state index contributed by atoms with van der Waals surface area (Å²) >= 11 is 0. The number of carbonyl (C=O) groups excluding carboxylic acids is 3. The molecule has 4 N–H and O–H groups in total. The number of fused-ring (bicyclic) bond motifs is 3. The summed E-state index contributed by atoms with van der Waals surface area (Å²) in [6.45, 7) is 13.2. The van der Waals surface area contributed by atoms with Crippen LogP contribution < -0.4 is 11.1 Å². The van der Waals surface area contributed by atoms with Crippen LogP contribution in [0.5, 0.6) is 0 Å². The molecule has 3 aliphatic rings. The van der Waals surface area contributed by atoms with Gasteiger partial charge in [0.25, 0.3) is 0 Å². The maximum Gasteiger partial charge on any atom is 0.404 e. The van der Waals surface area contributed by atoms with Gasteiger partial charge in [-0.05, 0) is 38.5 Å². The number of aliphatic hydroxyl groups excluding tert-OH is 1. The van der Waals surface area contributed by atoms with E-state index in [0.29, 0.717) is 6.42 Å². The number of primary amides is 1. The number of amides is 2. The van der Waals surface area contributed by atoms with Gasteiger partial charge in [0.2, 0.25) is 5.91 Å². The molecule has 2 aliphatic carbocycles. The number of aliphatic hydroxyl groups is 1. The molecule has 0 saturated heterocycles. The molecule has 0 aromatic heterocycles. The Hall–Kier alpha value is -3.43. The number of rotatable bonds is 6. The summed E-state index contributed by atoms with van der Waals surface area (Å²) in [5, 5.41) is 13.8. The van der Waals surface area contributed by atoms with Crippen molar-refractivity contribution in [1.29, 1.82) is 0 Å². The third-order valence-corrected chi connectivity index (χ3v) is 9.74. The van der Waals surface area contributed by atoms with E-state index in [1.807, 2.05) is 45.9 Å². The number of ether oxygens (including phenoxy) is 3. The molecular weight excluding hydrogens is 572 g/mol. The molecular formula is C36H52N2O7. The van der Waals surface area contributed by atoms with Crippen molar-refractivity contribution in [3.63, 3.8) is 0 Å². The lowest BCUT2D eigenvalue weighted by atomic mass is 9.55. The number of hydrogen-bond donors (Lipinski definition) is 3. The average molecular weight is 625 g/mol. The highest BCUT2D eigenvalue weighted by atomic mass is 16.6. The summed E-state index contributed by atoms with van der Waals surface area (Å²) in [6, 6.07) is -0.521. The first-order valence-corrected chi connectivity index (χ1v) is 15.9. The smallest absolute Gasteiger partial charge is 0.404 e. The molecule has 2 amide bonds. The van der Waals surface area contributed by atoms with Crippen LogP contribution in [0.1, 0.15) is 61.3 Å². The number of cyclic esters (lactones) is 1. The molecule has 1 heterocycles. The zero-order valence-electron chi connectivity index (χ0n) is 27.9. The van der Waals surface area contributed by atoms with Crippen molar-refractivity contribution in [2.75, 3.05) is 7.11 Å². The Morgan fingerprint density at radius 1 is 1.11 bits per heavy atom. The molecule has 1 fully saturated rings. The Balaban J connectivity index is 2.05. The van der Waals surface area contributed by atoms with Gasteiger partial charge in [0.15, 0.2) is 0 Å². The quantitative estimate of drug-likeness (QED) is 0.268. The van der Waals surface area contributed by atoms with Crippen LogP contribution in [-0.2, 0) is 23.8 Å². The summed E-state index contributed by atoms with van der Waals surface area (Å²) in [5.41, 5.74) is 7.09. The fourth-order valence-corrected chi connectivity index (χ4v) is 7.10. The van der Waals surface area contributed by atoms with Gasteiger partial charge >= 0.3 is 12.1 Å². The monoisotopic (exact) mass is 624 g/mol. The van der Waals surface area contributed by atoms with E-state index < -0.39 is 36.2 Å². The first-order valence-electron chi connectivity index (χ1n) is 15.9. The van der Waals surface area contributed by atoms with Crippen molar-refractivity contribution in [3.8, 4) is 0 Å². The lowest BCUT2D eigenvalue weighted by molar-refractivity contribution is -0.151. The minimum absolute atomic E-state index is 0.0165. The van der Waals surface area contributed by atoms with E-state index in [9.17, 15) is 19.5 Å². The van der Waals surface area contributed by atoms with Crippen LogP contribution in [0.2, 0.25) is 0 Å². The van der Waals surface area contributed by atoms with Gasteiger partial charge in [0.1, 0.15) is 12.2 Å². The van der Waals surface area contributed by atoms with E-state index in [2.05, 4.69) is 42.6 Å². The van der Waals surface area contributed by atoms with Crippen molar-refractivity contribution in [3.05, 3.63) is 71.9 Å². The first kappa shape index (κ1) is 36.0. The van der Waals surface area contributed by atoms with E-state index >= 15 is 0 Å². The first-order chi connectivity index (χ1) is 21.2. The summed E-state index contributed by atoms with van der Waals surface area (Å²) in [6.07, 6.45) is 18.4. The molecule has 248 valence electrons. The number of allylic oxidation sites excluding steroid dienone is 9. The van der Waals surface area contributed by atoms with E-state index in [0.717, 1.165) is 17.6 Å². The molecule has 11 unspecified atom stereocenters. The minimum Gasteiger partial charge on any atom is -0.458 e. The van der Waals surface area contributed by atoms with Crippen molar-refractivity contribution < 1.29 is 33.7 Å². The van der Waals surface area contributed by atoms with Crippen LogP contribution in [0.25, 0.3) is 0 Å². The Labute approximate surface area is 268 Å². The predicted octanol–water partition coefficient (Wildman–Crippen LogP) is 5.33. The van der Waals surface area contributed by atoms with Gasteiger partial charge in [0, 0.05) is 50.2 Å². The summed E-state index contributed by atoms with van der Waals surface area (Å²) in [4.78, 5) is 36.4. The molecule has 1 aliphatic heterocycles. The molecule has 0 aromatic rings. The number of nitrogens with one attached hydrogen (secondary N) is 1. The van der Waals surface area contributed by atoms with Gasteiger partial charge in [0.05, 0.1) is 18.2 Å². The van der Waals surface area contributed by atoms with E-state index in [-0.39, 0.29) is 47.2 Å². The van der Waals surface area contributed by atoms with E-state index in [4.69, 9.17) is 19.9 Å². The van der Waals surface area contributed by atoms with Gasteiger partial charge in [-0.1, -0.05) is 86.6 Å². The molecule has 0 spiro atoms. The second-order valence-corrected chi connectivity index (χ2v) is 13.2. The number of esters is 1. The molecule has 0 aromatic carbocycles. The van der Waals surface area contributed by atoms with E-state index in [1.54, 1.807) is 20.1 Å². The van der Waals surface area contributed by atoms with Crippen LogP contribution in [0, 0.1) is 35.0 Å². The highest BCUT2D eigenvalue weighted by molar-refractivity contribution is 5.82. The van der Waals surface area contributed by atoms with Gasteiger partial charge in [-0.3, -0.25) is 4.79 Å². The molecule has 3 rings (SSSR count). The van der Waals surface area contributed by atoms with Crippen LogP contribution in [0.4, 0.5) is 4.79 Å². The number of methoxy groups -OCH3 is 1. The highest BCUT2D eigenvalue weighted by Crippen LogP contribution is 2.53. The Bertz CT molecular complexity index is 1260. The second kappa shape index (κ2) is 15.7. The maximum absolute atomic E-state index is 12.9. The highest BCUT2D eigenvalue weighted by Gasteiger charge is 2.50. The summed E-state index contributed by atoms with van der Waals surface area (Å²) < 4.78 is 17.3. The van der Waals surface area contributed by atoms with Crippen LogP contribution >= 0.6 is 0 Å². The fraction of sp³-hybridized carbons (Fsp3) is 0.583. The van der Waals surface area contributed by atoms with Crippen LogP contribution in [0.3, 0.4) is 0 Å².